The number of hydrogen-bond acceptors (Lipinski definition) is 5. The Morgan fingerprint density at radius 2 is 1.97 bits per heavy atom. The Bertz CT molecular complexity index is 1090. The van der Waals surface area contributed by atoms with Crippen LogP contribution in [0.5, 0.6) is 0 Å². The molecule has 182 valence electrons. The Hall–Kier alpha value is -2.35. The molecular formula is C26H31ClFN3O3. The van der Waals surface area contributed by atoms with Gasteiger partial charge in [0.25, 0.3) is 0 Å². The predicted molar refractivity (Wildman–Crippen MR) is 129 cm³/mol. The van der Waals surface area contributed by atoms with Crippen molar-refractivity contribution in [2.75, 3.05) is 32.8 Å². The van der Waals surface area contributed by atoms with Crippen LogP contribution in [0.4, 0.5) is 4.39 Å². The molecule has 34 heavy (non-hydrogen) atoms. The van der Waals surface area contributed by atoms with Gasteiger partial charge in [0.15, 0.2) is 5.78 Å². The van der Waals surface area contributed by atoms with E-state index in [9.17, 15) is 14.0 Å². The van der Waals surface area contributed by atoms with Gasteiger partial charge in [-0.3, -0.25) is 19.5 Å². The highest BCUT2D eigenvalue weighted by Gasteiger charge is 2.33. The lowest BCUT2D eigenvalue weighted by Gasteiger charge is -2.41. The summed E-state index contributed by atoms with van der Waals surface area (Å²) in [5, 5.41) is 0.440. The summed E-state index contributed by atoms with van der Waals surface area (Å²) in [7, 11) is 0. The van der Waals surface area contributed by atoms with Crippen LogP contribution >= 0.6 is 11.6 Å². The molecule has 0 N–H and O–H groups in total. The van der Waals surface area contributed by atoms with Crippen molar-refractivity contribution >= 4 is 23.3 Å². The van der Waals surface area contributed by atoms with Gasteiger partial charge in [0, 0.05) is 57.0 Å². The molecule has 2 aromatic rings. The van der Waals surface area contributed by atoms with E-state index in [0.29, 0.717) is 48.1 Å². The molecule has 6 nitrogen and oxygen atoms in total. The number of carbonyl (C=O) groups excluding carboxylic acids is 2. The summed E-state index contributed by atoms with van der Waals surface area (Å²) >= 11 is 6.12. The van der Waals surface area contributed by atoms with E-state index in [-0.39, 0.29) is 35.9 Å². The first-order chi connectivity index (χ1) is 16.2. The van der Waals surface area contributed by atoms with E-state index in [1.807, 2.05) is 11.8 Å². The van der Waals surface area contributed by atoms with E-state index < -0.39 is 0 Å². The first-order valence-corrected chi connectivity index (χ1v) is 12.1. The number of ether oxygens (including phenoxy) is 1. The number of halogens is 2. The molecule has 0 aliphatic carbocycles. The minimum Gasteiger partial charge on any atom is -0.381 e. The summed E-state index contributed by atoms with van der Waals surface area (Å²) in [6, 6.07) is 4.67. The van der Waals surface area contributed by atoms with Crippen LogP contribution in [0.1, 0.15) is 46.1 Å². The molecule has 0 radical (unpaired) electrons. The molecule has 1 amide bonds. The summed E-state index contributed by atoms with van der Waals surface area (Å²) in [6.45, 7) is 9.60. The van der Waals surface area contributed by atoms with Crippen LogP contribution in [-0.2, 0) is 22.5 Å². The van der Waals surface area contributed by atoms with Gasteiger partial charge in [-0.1, -0.05) is 11.6 Å². The monoisotopic (exact) mass is 487 g/mol. The Kier molecular flexibility index (Phi) is 7.65. The van der Waals surface area contributed by atoms with Gasteiger partial charge >= 0.3 is 0 Å². The molecule has 0 unspecified atom stereocenters. The topological polar surface area (TPSA) is 62.7 Å². The van der Waals surface area contributed by atoms with Gasteiger partial charge in [-0.25, -0.2) is 4.39 Å². The average Bonchev–Trinajstić information content (AvgIpc) is 3.33. The number of amides is 1. The fourth-order valence-electron chi connectivity index (χ4n) is 4.79. The number of aryl methyl sites for hydroxylation is 1. The number of Topliss-reactive ketones (excluding diaryl/α,β-unsaturated/α-hetero) is 1. The van der Waals surface area contributed by atoms with Crippen molar-refractivity contribution in [1.29, 1.82) is 0 Å². The van der Waals surface area contributed by atoms with E-state index in [0.717, 1.165) is 30.6 Å². The zero-order valence-electron chi connectivity index (χ0n) is 19.9. The fourth-order valence-corrected chi connectivity index (χ4v) is 4.95. The van der Waals surface area contributed by atoms with Crippen molar-refractivity contribution in [2.45, 2.75) is 46.2 Å². The molecule has 1 aromatic heterocycles. The summed E-state index contributed by atoms with van der Waals surface area (Å²) in [5.74, 6) is -0.353. The molecule has 2 aliphatic rings. The maximum atomic E-state index is 14.5. The SMILES string of the molecule is Cc1ncc(C(=O)Cc2cc(F)cc(CN3CCN(C(=O)[C@H]4CCOC4)[C@@H](C)C3)c2C)cc1Cl. The lowest BCUT2D eigenvalue weighted by atomic mass is 9.95. The highest BCUT2D eigenvalue weighted by atomic mass is 35.5. The lowest BCUT2D eigenvalue weighted by Crippen LogP contribution is -2.55. The van der Waals surface area contributed by atoms with Crippen molar-refractivity contribution in [3.8, 4) is 0 Å². The normalized spacial score (nSPS) is 21.1. The standard InChI is InChI=1S/C26H31ClFN3O3/c1-16-13-30(5-6-31(16)26(33)19-4-7-34-15-19)14-22-9-23(28)8-20(17(22)2)11-25(32)21-10-24(27)18(3)29-12-21/h8-10,12,16,19H,4-7,11,13-15H2,1-3H3/t16-,19-/m0/s1. The second-order valence-electron chi connectivity index (χ2n) is 9.42. The van der Waals surface area contributed by atoms with Crippen LogP contribution in [0.3, 0.4) is 0 Å². The van der Waals surface area contributed by atoms with Crippen LogP contribution in [0.15, 0.2) is 24.4 Å². The molecule has 2 saturated heterocycles. The summed E-state index contributed by atoms with van der Waals surface area (Å²) in [6.07, 6.45) is 2.39. The number of piperazine rings is 1. The molecule has 2 aliphatic heterocycles. The van der Waals surface area contributed by atoms with Gasteiger partial charge in [-0.15, -0.1) is 0 Å². The maximum absolute atomic E-state index is 14.5. The highest BCUT2D eigenvalue weighted by Crippen LogP contribution is 2.24. The van der Waals surface area contributed by atoms with Crippen LogP contribution in [-0.4, -0.2) is 65.4 Å². The van der Waals surface area contributed by atoms with Crippen molar-refractivity contribution < 1.29 is 18.7 Å². The summed E-state index contributed by atoms with van der Waals surface area (Å²) in [5.41, 5.74) is 3.52. The molecule has 1 aromatic carbocycles. The van der Waals surface area contributed by atoms with Gasteiger partial charge in [0.05, 0.1) is 23.2 Å². The lowest BCUT2D eigenvalue weighted by molar-refractivity contribution is -0.140. The second-order valence-corrected chi connectivity index (χ2v) is 9.82. The van der Waals surface area contributed by atoms with E-state index in [1.165, 1.54) is 12.3 Å². The van der Waals surface area contributed by atoms with E-state index in [2.05, 4.69) is 16.8 Å². The number of benzene rings is 1. The molecule has 8 heteroatoms. The van der Waals surface area contributed by atoms with Crippen molar-refractivity contribution in [3.05, 3.63) is 63.2 Å². The van der Waals surface area contributed by atoms with Gasteiger partial charge in [-0.05, 0) is 62.1 Å². The number of hydrogen-bond donors (Lipinski definition) is 0. The summed E-state index contributed by atoms with van der Waals surface area (Å²) < 4.78 is 19.9. The zero-order valence-corrected chi connectivity index (χ0v) is 20.7. The molecule has 0 spiro atoms. The van der Waals surface area contributed by atoms with Gasteiger partial charge in [-0.2, -0.15) is 0 Å². The van der Waals surface area contributed by atoms with Gasteiger partial charge in [0.1, 0.15) is 5.82 Å². The molecular weight excluding hydrogens is 457 g/mol. The molecule has 2 fully saturated rings. The number of carbonyl (C=O) groups is 2. The molecule has 0 bridgehead atoms. The fraction of sp³-hybridized carbons (Fsp3) is 0.500. The van der Waals surface area contributed by atoms with Crippen molar-refractivity contribution in [1.82, 2.24) is 14.8 Å². The molecule has 2 atom stereocenters. The van der Waals surface area contributed by atoms with E-state index >= 15 is 0 Å². The Balaban J connectivity index is 1.43. The second kappa shape index (κ2) is 10.5. The van der Waals surface area contributed by atoms with E-state index in [1.54, 1.807) is 19.1 Å². The van der Waals surface area contributed by atoms with Crippen LogP contribution < -0.4 is 0 Å². The third kappa shape index (κ3) is 5.48. The molecule has 4 rings (SSSR count). The Morgan fingerprint density at radius 1 is 1.21 bits per heavy atom. The quantitative estimate of drug-likeness (QED) is 0.577. The predicted octanol–water partition coefficient (Wildman–Crippen LogP) is 3.99. The van der Waals surface area contributed by atoms with Crippen LogP contribution in [0.2, 0.25) is 5.02 Å². The Labute approximate surface area is 205 Å². The largest absolute Gasteiger partial charge is 0.381 e. The Morgan fingerprint density at radius 3 is 2.65 bits per heavy atom. The number of nitrogens with zero attached hydrogens (tertiary/aromatic N) is 3. The van der Waals surface area contributed by atoms with Crippen molar-refractivity contribution in [2.24, 2.45) is 5.92 Å². The first-order valence-electron chi connectivity index (χ1n) is 11.8. The minimum atomic E-state index is -0.355. The number of ketones is 1. The van der Waals surface area contributed by atoms with Crippen LogP contribution in [0.25, 0.3) is 0 Å². The first kappa shape index (κ1) is 24.8. The summed E-state index contributed by atoms with van der Waals surface area (Å²) in [4.78, 5) is 34.0. The third-order valence-corrected chi connectivity index (χ3v) is 7.34. The number of aromatic nitrogens is 1. The zero-order chi connectivity index (χ0) is 24.4. The third-order valence-electron chi connectivity index (χ3n) is 6.95. The molecule has 0 saturated carbocycles. The number of pyridine rings is 1. The highest BCUT2D eigenvalue weighted by molar-refractivity contribution is 6.31. The smallest absolute Gasteiger partial charge is 0.228 e. The van der Waals surface area contributed by atoms with Gasteiger partial charge < -0.3 is 9.64 Å². The van der Waals surface area contributed by atoms with E-state index in [4.69, 9.17) is 16.3 Å². The average molecular weight is 488 g/mol. The van der Waals surface area contributed by atoms with Gasteiger partial charge in [0.2, 0.25) is 5.91 Å². The number of rotatable bonds is 6. The molecule has 3 heterocycles. The minimum absolute atomic E-state index is 0.0295. The van der Waals surface area contributed by atoms with Crippen molar-refractivity contribution in [3.63, 3.8) is 0 Å². The maximum Gasteiger partial charge on any atom is 0.228 e. The van der Waals surface area contributed by atoms with Crippen LogP contribution in [0, 0.1) is 25.6 Å².